The summed E-state index contributed by atoms with van der Waals surface area (Å²) in [4.78, 5) is 27.9. The highest BCUT2D eigenvalue weighted by Crippen LogP contribution is 2.36. The predicted octanol–water partition coefficient (Wildman–Crippen LogP) is 3.17. The van der Waals surface area contributed by atoms with Crippen molar-refractivity contribution in [2.24, 2.45) is 5.92 Å². The first-order chi connectivity index (χ1) is 15.4. The molecular formula is C22H25N3O5S2. The molecule has 0 saturated carbocycles. The van der Waals surface area contributed by atoms with Crippen molar-refractivity contribution in [1.82, 2.24) is 4.90 Å². The van der Waals surface area contributed by atoms with Crippen molar-refractivity contribution in [3.05, 3.63) is 42.5 Å². The van der Waals surface area contributed by atoms with Gasteiger partial charge in [0.15, 0.2) is 0 Å². The Hall–Kier alpha value is -2.72. The van der Waals surface area contributed by atoms with Crippen LogP contribution < -0.4 is 14.8 Å². The number of benzene rings is 2. The number of hydrogen-bond acceptors (Lipinski definition) is 6. The number of fused-ring (bicyclic) bond motifs is 1. The fourth-order valence-corrected chi connectivity index (χ4v) is 5.97. The lowest BCUT2D eigenvalue weighted by Crippen LogP contribution is -2.33. The second-order valence-electron chi connectivity index (χ2n) is 7.75. The Kier molecular flexibility index (Phi) is 6.61. The third-order valence-corrected chi connectivity index (χ3v) is 8.16. The number of hydrogen-bond donors (Lipinski definition) is 2. The second kappa shape index (κ2) is 9.41. The van der Waals surface area contributed by atoms with Gasteiger partial charge in [0.05, 0.1) is 29.3 Å². The predicted molar refractivity (Wildman–Crippen MR) is 124 cm³/mol. The van der Waals surface area contributed by atoms with E-state index in [9.17, 15) is 18.0 Å². The number of anilines is 2. The summed E-state index contributed by atoms with van der Waals surface area (Å²) in [6.07, 6.45) is 2.17. The van der Waals surface area contributed by atoms with Gasteiger partial charge in [-0.2, -0.15) is 0 Å². The first-order valence-corrected chi connectivity index (χ1v) is 12.9. The highest BCUT2D eigenvalue weighted by atomic mass is 32.2. The lowest BCUT2D eigenvalue weighted by Gasteiger charge is -2.18. The van der Waals surface area contributed by atoms with Crippen LogP contribution in [0.5, 0.6) is 5.75 Å². The first-order valence-electron chi connectivity index (χ1n) is 10.4. The number of likely N-dealkylation sites (tertiary alicyclic amines) is 1. The zero-order chi connectivity index (χ0) is 22.7. The summed E-state index contributed by atoms with van der Waals surface area (Å²) in [6.45, 7) is 1.50. The first kappa shape index (κ1) is 22.5. The van der Waals surface area contributed by atoms with Gasteiger partial charge < -0.3 is 15.0 Å². The standard InChI is InChI=1S/C22H25N3O5S2/c1-30-19-7-3-2-6-17(19)24-32(28,29)16-8-9-20-18(13-16)23-22(27)15(14-31-20)12-21(26)25-10-4-5-11-25/h2-3,6-9,13,15,24H,4-5,10-12,14H2,1H3,(H,23,27)/t15-/m1/s1. The molecule has 170 valence electrons. The van der Waals surface area contributed by atoms with Crippen LogP contribution in [0.1, 0.15) is 19.3 Å². The molecule has 0 aliphatic carbocycles. The van der Waals surface area contributed by atoms with Gasteiger partial charge in [-0.3, -0.25) is 14.3 Å². The van der Waals surface area contributed by atoms with Crippen LogP contribution in [0, 0.1) is 5.92 Å². The minimum atomic E-state index is -3.90. The molecule has 10 heteroatoms. The number of thioether (sulfide) groups is 1. The number of nitrogens with zero attached hydrogens (tertiary/aromatic N) is 1. The maximum Gasteiger partial charge on any atom is 0.262 e. The molecule has 2 amide bonds. The Morgan fingerprint density at radius 2 is 1.97 bits per heavy atom. The lowest BCUT2D eigenvalue weighted by molar-refractivity contribution is -0.133. The van der Waals surface area contributed by atoms with Gasteiger partial charge in [0.2, 0.25) is 11.8 Å². The van der Waals surface area contributed by atoms with Crippen LogP contribution in [-0.4, -0.2) is 51.1 Å². The molecular weight excluding hydrogens is 450 g/mol. The van der Waals surface area contributed by atoms with Crippen molar-refractivity contribution in [1.29, 1.82) is 0 Å². The number of carbonyl (C=O) groups is 2. The largest absolute Gasteiger partial charge is 0.495 e. The molecule has 2 aliphatic rings. The Morgan fingerprint density at radius 1 is 1.22 bits per heavy atom. The van der Waals surface area contributed by atoms with Crippen molar-refractivity contribution in [3.8, 4) is 5.75 Å². The molecule has 1 fully saturated rings. The van der Waals surface area contributed by atoms with Crippen LogP contribution in [-0.2, 0) is 19.6 Å². The molecule has 2 heterocycles. The molecule has 0 radical (unpaired) electrons. The number of amides is 2. The number of carbonyl (C=O) groups excluding carboxylic acids is 2. The number of methoxy groups -OCH3 is 1. The lowest BCUT2D eigenvalue weighted by atomic mass is 10.1. The van der Waals surface area contributed by atoms with Gasteiger partial charge in [0.25, 0.3) is 10.0 Å². The van der Waals surface area contributed by atoms with Crippen LogP contribution in [0.4, 0.5) is 11.4 Å². The molecule has 0 unspecified atom stereocenters. The maximum absolute atomic E-state index is 12.9. The molecule has 32 heavy (non-hydrogen) atoms. The van der Waals surface area contributed by atoms with E-state index in [1.165, 1.54) is 31.0 Å². The fraction of sp³-hybridized carbons (Fsp3) is 0.364. The second-order valence-corrected chi connectivity index (χ2v) is 10.5. The van der Waals surface area contributed by atoms with Gasteiger partial charge in [-0.15, -0.1) is 11.8 Å². The third-order valence-electron chi connectivity index (χ3n) is 5.56. The molecule has 1 atom stereocenters. The number of ether oxygens (including phenoxy) is 1. The average Bonchev–Trinajstić information content (AvgIpc) is 3.27. The van der Waals surface area contributed by atoms with Gasteiger partial charge >= 0.3 is 0 Å². The number of rotatable bonds is 6. The van der Waals surface area contributed by atoms with Crippen LogP contribution in [0.25, 0.3) is 0 Å². The average molecular weight is 476 g/mol. The van der Waals surface area contributed by atoms with Gasteiger partial charge in [0.1, 0.15) is 5.75 Å². The van der Waals surface area contributed by atoms with Crippen LogP contribution in [0.3, 0.4) is 0 Å². The smallest absolute Gasteiger partial charge is 0.262 e. The zero-order valence-corrected chi connectivity index (χ0v) is 19.3. The van der Waals surface area contributed by atoms with Gasteiger partial charge in [-0.05, 0) is 43.2 Å². The van der Waals surface area contributed by atoms with Crippen molar-refractivity contribution >= 4 is 45.0 Å². The van der Waals surface area contributed by atoms with E-state index in [0.29, 0.717) is 22.9 Å². The Morgan fingerprint density at radius 3 is 2.72 bits per heavy atom. The van der Waals surface area contributed by atoms with E-state index >= 15 is 0 Å². The normalized spacial score (nSPS) is 18.5. The number of para-hydroxylation sites is 2. The van der Waals surface area contributed by atoms with Crippen molar-refractivity contribution < 1.29 is 22.7 Å². The van der Waals surface area contributed by atoms with E-state index < -0.39 is 15.9 Å². The summed E-state index contributed by atoms with van der Waals surface area (Å²) in [5, 5.41) is 2.82. The topological polar surface area (TPSA) is 105 Å². The van der Waals surface area contributed by atoms with Crippen LogP contribution in [0.15, 0.2) is 52.3 Å². The Labute approximate surface area is 191 Å². The molecule has 2 N–H and O–H groups in total. The van der Waals surface area contributed by atoms with Crippen LogP contribution in [0.2, 0.25) is 0 Å². The molecule has 0 aromatic heterocycles. The van der Waals surface area contributed by atoms with Gasteiger partial charge in [-0.25, -0.2) is 8.42 Å². The Bertz CT molecular complexity index is 1130. The fourth-order valence-electron chi connectivity index (χ4n) is 3.79. The third kappa shape index (κ3) is 4.86. The highest BCUT2D eigenvalue weighted by molar-refractivity contribution is 7.99. The van der Waals surface area contributed by atoms with Crippen LogP contribution >= 0.6 is 11.8 Å². The van der Waals surface area contributed by atoms with E-state index in [1.54, 1.807) is 30.3 Å². The van der Waals surface area contributed by atoms with Crippen molar-refractivity contribution in [2.45, 2.75) is 29.1 Å². The summed E-state index contributed by atoms with van der Waals surface area (Å²) in [6, 6.07) is 11.4. The van der Waals surface area contributed by atoms with E-state index in [-0.39, 0.29) is 23.1 Å². The van der Waals surface area contributed by atoms with Gasteiger partial charge in [-0.1, -0.05) is 12.1 Å². The van der Waals surface area contributed by atoms with Crippen molar-refractivity contribution in [2.75, 3.05) is 36.0 Å². The molecule has 2 aromatic rings. The quantitative estimate of drug-likeness (QED) is 0.665. The summed E-state index contributed by atoms with van der Waals surface area (Å²) >= 11 is 1.45. The molecule has 2 aromatic carbocycles. The molecule has 2 aliphatic heterocycles. The van der Waals surface area contributed by atoms with E-state index in [1.807, 2.05) is 4.90 Å². The molecule has 1 saturated heterocycles. The SMILES string of the molecule is COc1ccccc1NS(=O)(=O)c1ccc2c(c1)NC(=O)[C@H](CC(=O)N1CCCC1)CS2. The van der Waals surface area contributed by atoms with E-state index in [4.69, 9.17) is 4.74 Å². The monoisotopic (exact) mass is 475 g/mol. The van der Waals surface area contributed by atoms with Crippen molar-refractivity contribution in [3.63, 3.8) is 0 Å². The maximum atomic E-state index is 12.9. The molecule has 4 rings (SSSR count). The minimum Gasteiger partial charge on any atom is -0.495 e. The molecule has 0 bridgehead atoms. The summed E-state index contributed by atoms with van der Waals surface area (Å²) < 4.78 is 33.6. The molecule has 0 spiro atoms. The highest BCUT2D eigenvalue weighted by Gasteiger charge is 2.30. The molecule has 8 nitrogen and oxygen atoms in total. The van der Waals surface area contributed by atoms with E-state index in [2.05, 4.69) is 10.0 Å². The summed E-state index contributed by atoms with van der Waals surface area (Å²) in [7, 11) is -2.44. The van der Waals surface area contributed by atoms with Gasteiger partial charge in [0, 0.05) is 30.2 Å². The Balaban J connectivity index is 1.51. The van der Waals surface area contributed by atoms with E-state index in [0.717, 1.165) is 30.8 Å². The number of sulfonamides is 1. The minimum absolute atomic E-state index is 0.00141. The number of nitrogens with one attached hydrogen (secondary N) is 2. The summed E-state index contributed by atoms with van der Waals surface area (Å²) in [5.74, 6) is 0.131. The zero-order valence-electron chi connectivity index (χ0n) is 17.7. The summed E-state index contributed by atoms with van der Waals surface area (Å²) in [5.41, 5.74) is 0.753.